The van der Waals surface area contributed by atoms with Gasteiger partial charge in [-0.1, -0.05) is 11.6 Å². The number of nitrogens with zero attached hydrogens (tertiary/aromatic N) is 3. The minimum Gasteiger partial charge on any atom is -0.482 e. The van der Waals surface area contributed by atoms with Crippen molar-refractivity contribution in [2.45, 2.75) is 6.42 Å². The van der Waals surface area contributed by atoms with Gasteiger partial charge in [0.15, 0.2) is 6.61 Å². The highest BCUT2D eigenvalue weighted by molar-refractivity contribution is 6.30. The first-order valence-electron chi connectivity index (χ1n) is 7.84. The second kappa shape index (κ2) is 7.11. The van der Waals surface area contributed by atoms with Crippen molar-refractivity contribution in [2.75, 3.05) is 32.1 Å². The summed E-state index contributed by atoms with van der Waals surface area (Å²) < 4.78 is 5.47. The Morgan fingerprint density at radius 2 is 2.12 bits per heavy atom. The third-order valence-electron chi connectivity index (χ3n) is 4.02. The number of anilines is 1. The summed E-state index contributed by atoms with van der Waals surface area (Å²) in [4.78, 5) is 31.6. The first-order chi connectivity index (χ1) is 12.0. The molecule has 1 aliphatic heterocycles. The summed E-state index contributed by atoms with van der Waals surface area (Å²) in [5.41, 5.74) is 2.23. The Morgan fingerprint density at radius 3 is 2.88 bits per heavy atom. The van der Waals surface area contributed by atoms with E-state index in [-0.39, 0.29) is 18.4 Å². The van der Waals surface area contributed by atoms with Crippen LogP contribution < -0.4 is 9.64 Å². The topological polar surface area (TPSA) is 62.7 Å². The zero-order chi connectivity index (χ0) is 18.0. The average molecular weight is 360 g/mol. The number of carbonyl (C=O) groups excluding carboxylic acids is 2. The smallest absolute Gasteiger partial charge is 0.259 e. The summed E-state index contributed by atoms with van der Waals surface area (Å²) in [6.07, 6.45) is 3.85. The van der Waals surface area contributed by atoms with Crippen LogP contribution in [0.5, 0.6) is 5.75 Å². The lowest BCUT2D eigenvalue weighted by molar-refractivity contribution is -0.130. The molecule has 6 nitrogen and oxygen atoms in total. The monoisotopic (exact) mass is 359 g/mol. The van der Waals surface area contributed by atoms with Crippen molar-refractivity contribution in [3.63, 3.8) is 0 Å². The van der Waals surface area contributed by atoms with Gasteiger partial charge in [-0.25, -0.2) is 0 Å². The molecule has 130 valence electrons. The zero-order valence-electron chi connectivity index (χ0n) is 14.0. The summed E-state index contributed by atoms with van der Waals surface area (Å²) >= 11 is 6.00. The largest absolute Gasteiger partial charge is 0.482 e. The van der Waals surface area contributed by atoms with Crippen molar-refractivity contribution < 1.29 is 14.3 Å². The van der Waals surface area contributed by atoms with Crippen LogP contribution in [0.2, 0.25) is 5.02 Å². The molecule has 2 heterocycles. The van der Waals surface area contributed by atoms with Crippen LogP contribution in [-0.2, 0) is 11.2 Å². The number of benzene rings is 1. The highest BCUT2D eigenvalue weighted by Gasteiger charge is 2.26. The van der Waals surface area contributed by atoms with E-state index in [2.05, 4.69) is 4.98 Å². The fourth-order valence-electron chi connectivity index (χ4n) is 2.61. The van der Waals surface area contributed by atoms with Gasteiger partial charge in [-0.15, -0.1) is 0 Å². The molecule has 25 heavy (non-hydrogen) atoms. The van der Waals surface area contributed by atoms with Crippen LogP contribution in [0.4, 0.5) is 5.69 Å². The Labute approximate surface area is 151 Å². The number of amides is 2. The van der Waals surface area contributed by atoms with Gasteiger partial charge < -0.3 is 14.5 Å². The van der Waals surface area contributed by atoms with Crippen molar-refractivity contribution in [1.29, 1.82) is 0 Å². The van der Waals surface area contributed by atoms with E-state index in [1.165, 1.54) is 11.1 Å². The third-order valence-corrected chi connectivity index (χ3v) is 4.25. The maximum atomic E-state index is 12.7. The molecule has 0 spiro atoms. The summed E-state index contributed by atoms with van der Waals surface area (Å²) in [5.74, 6) is 0.203. The van der Waals surface area contributed by atoms with Crippen LogP contribution in [0.15, 0.2) is 36.7 Å². The first-order valence-corrected chi connectivity index (χ1v) is 8.22. The Balaban J connectivity index is 1.78. The molecule has 2 aromatic rings. The van der Waals surface area contributed by atoms with Gasteiger partial charge >= 0.3 is 0 Å². The van der Waals surface area contributed by atoms with Crippen molar-refractivity contribution >= 4 is 29.1 Å². The normalized spacial score (nSPS) is 13.4. The van der Waals surface area contributed by atoms with Crippen LogP contribution in [0.25, 0.3) is 0 Å². The second-order valence-electron chi connectivity index (χ2n) is 5.96. The van der Waals surface area contributed by atoms with Gasteiger partial charge in [0.1, 0.15) is 5.75 Å². The van der Waals surface area contributed by atoms with E-state index in [9.17, 15) is 9.59 Å². The molecule has 0 saturated carbocycles. The van der Waals surface area contributed by atoms with E-state index in [1.54, 1.807) is 43.4 Å². The van der Waals surface area contributed by atoms with Gasteiger partial charge in [-0.2, -0.15) is 0 Å². The lowest BCUT2D eigenvalue weighted by Crippen LogP contribution is -2.37. The number of halogens is 1. The molecule has 0 N–H and O–H groups in total. The lowest BCUT2D eigenvalue weighted by atomic mass is 9.99. The summed E-state index contributed by atoms with van der Waals surface area (Å²) in [7, 11) is 3.33. The molecule has 2 amide bonds. The molecule has 7 heteroatoms. The number of ether oxygens (including phenoxy) is 1. The number of hydrogen-bond acceptors (Lipinski definition) is 4. The van der Waals surface area contributed by atoms with Gasteiger partial charge in [0.05, 0.1) is 18.1 Å². The number of aromatic nitrogens is 1. The number of likely N-dealkylation sites (N-methyl/N-ethyl adjacent to an activating group) is 1. The molecule has 1 aromatic heterocycles. The van der Waals surface area contributed by atoms with E-state index in [0.717, 1.165) is 5.56 Å². The van der Waals surface area contributed by atoms with Crippen molar-refractivity contribution in [2.24, 2.45) is 0 Å². The molecular formula is C18H18ClN3O3. The molecule has 3 rings (SSSR count). The molecule has 0 aliphatic carbocycles. The van der Waals surface area contributed by atoms with E-state index in [0.29, 0.717) is 35.0 Å². The predicted molar refractivity (Wildman–Crippen MR) is 95.3 cm³/mol. The fraction of sp³-hybridized carbons (Fsp3) is 0.278. The summed E-state index contributed by atoms with van der Waals surface area (Å²) in [5, 5.41) is 0.627. The predicted octanol–water partition coefficient (Wildman–Crippen LogP) is 2.40. The van der Waals surface area contributed by atoms with Crippen molar-refractivity contribution in [3.8, 4) is 5.75 Å². The average Bonchev–Trinajstić information content (AvgIpc) is 2.60. The Hall–Kier alpha value is -2.60. The summed E-state index contributed by atoms with van der Waals surface area (Å²) in [6, 6.07) is 7.01. The molecular weight excluding hydrogens is 342 g/mol. The SMILES string of the molecule is CN(C)C(=O)COc1cncc(N2CCc3cc(Cl)ccc3C2=O)c1. The lowest BCUT2D eigenvalue weighted by Gasteiger charge is -2.28. The minimum absolute atomic E-state index is 0.0760. The zero-order valence-corrected chi connectivity index (χ0v) is 14.8. The number of hydrogen-bond donors (Lipinski definition) is 0. The first kappa shape index (κ1) is 17.2. The van der Waals surface area contributed by atoms with Crippen LogP contribution in [0, 0.1) is 0 Å². The molecule has 0 unspecified atom stereocenters. The van der Waals surface area contributed by atoms with E-state index < -0.39 is 0 Å². The van der Waals surface area contributed by atoms with Crippen LogP contribution in [-0.4, -0.2) is 48.9 Å². The fourth-order valence-corrected chi connectivity index (χ4v) is 2.81. The second-order valence-corrected chi connectivity index (χ2v) is 6.40. The van der Waals surface area contributed by atoms with E-state index in [1.807, 2.05) is 6.07 Å². The highest BCUT2D eigenvalue weighted by Crippen LogP contribution is 2.28. The van der Waals surface area contributed by atoms with E-state index >= 15 is 0 Å². The Morgan fingerprint density at radius 1 is 1.32 bits per heavy atom. The summed E-state index contributed by atoms with van der Waals surface area (Å²) in [6.45, 7) is 0.460. The molecule has 1 aliphatic rings. The maximum Gasteiger partial charge on any atom is 0.259 e. The number of fused-ring (bicyclic) bond motifs is 1. The minimum atomic E-state index is -0.148. The van der Waals surface area contributed by atoms with Gasteiger partial charge in [-0.05, 0) is 30.2 Å². The van der Waals surface area contributed by atoms with Gasteiger partial charge in [0, 0.05) is 37.3 Å². The number of pyridine rings is 1. The van der Waals surface area contributed by atoms with Crippen LogP contribution >= 0.6 is 11.6 Å². The molecule has 0 saturated heterocycles. The van der Waals surface area contributed by atoms with E-state index in [4.69, 9.17) is 16.3 Å². The van der Waals surface area contributed by atoms with Gasteiger partial charge in [-0.3, -0.25) is 14.6 Å². The number of carbonyl (C=O) groups is 2. The highest BCUT2D eigenvalue weighted by atomic mass is 35.5. The standard InChI is InChI=1S/C18H18ClN3O3/c1-21(2)17(23)11-25-15-8-14(9-20-10-15)22-6-5-12-7-13(19)3-4-16(12)18(22)24/h3-4,7-10H,5-6,11H2,1-2H3. The molecule has 0 radical (unpaired) electrons. The molecule has 0 atom stereocenters. The quantitative estimate of drug-likeness (QED) is 0.841. The molecule has 0 fully saturated rings. The maximum absolute atomic E-state index is 12.7. The molecule has 0 bridgehead atoms. The Kier molecular flexibility index (Phi) is 4.90. The molecule has 1 aromatic carbocycles. The van der Waals surface area contributed by atoms with Gasteiger partial charge in [0.25, 0.3) is 11.8 Å². The van der Waals surface area contributed by atoms with Crippen LogP contribution in [0.1, 0.15) is 15.9 Å². The third kappa shape index (κ3) is 3.74. The van der Waals surface area contributed by atoms with Crippen molar-refractivity contribution in [3.05, 3.63) is 52.8 Å². The van der Waals surface area contributed by atoms with Crippen molar-refractivity contribution in [1.82, 2.24) is 9.88 Å². The number of rotatable bonds is 4. The van der Waals surface area contributed by atoms with Crippen LogP contribution in [0.3, 0.4) is 0 Å². The Bertz CT molecular complexity index is 823. The van der Waals surface area contributed by atoms with Gasteiger partial charge in [0.2, 0.25) is 0 Å².